The first-order chi connectivity index (χ1) is 9.50. The van der Waals surface area contributed by atoms with Crippen molar-refractivity contribution in [1.82, 2.24) is 10.4 Å². The minimum absolute atomic E-state index is 0.371. The quantitative estimate of drug-likeness (QED) is 0.661. The molecule has 1 N–H and O–H groups in total. The van der Waals surface area contributed by atoms with E-state index in [0.29, 0.717) is 36.1 Å². The number of hydrogen-bond donors (Lipinski definition) is 1. The highest BCUT2D eigenvalue weighted by molar-refractivity contribution is 5.56. The van der Waals surface area contributed by atoms with Gasteiger partial charge < -0.3 is 4.74 Å². The van der Waals surface area contributed by atoms with Gasteiger partial charge in [0.25, 0.3) is 0 Å². The van der Waals surface area contributed by atoms with Gasteiger partial charge in [0.15, 0.2) is 0 Å². The average molecular weight is 273 g/mol. The standard InChI is InChI=1S/C14H15N3O3/c1-14(2)6-12(17(9-19)16-8-18)11-5-10(7-15)3-4-13(11)20-14/h3-5,8-9,12H,6H2,1-2H3,(H,16,18). The third-order valence-corrected chi connectivity index (χ3v) is 3.22. The molecular formula is C14H15N3O3. The number of nitrogens with zero attached hydrogens (tertiary/aromatic N) is 2. The van der Waals surface area contributed by atoms with Gasteiger partial charge in [-0.1, -0.05) is 0 Å². The summed E-state index contributed by atoms with van der Waals surface area (Å²) in [6, 6.07) is 6.74. The number of nitrogens with one attached hydrogen (secondary N) is 1. The Morgan fingerprint density at radius 2 is 2.25 bits per heavy atom. The van der Waals surface area contributed by atoms with Crippen LogP contribution in [0.5, 0.6) is 5.75 Å². The van der Waals surface area contributed by atoms with E-state index >= 15 is 0 Å². The van der Waals surface area contributed by atoms with Crippen molar-refractivity contribution in [2.24, 2.45) is 0 Å². The summed E-state index contributed by atoms with van der Waals surface area (Å²) in [5.74, 6) is 0.616. The maximum atomic E-state index is 11.2. The predicted molar refractivity (Wildman–Crippen MR) is 70.3 cm³/mol. The molecule has 6 heteroatoms. The second kappa shape index (κ2) is 5.21. The predicted octanol–water partition coefficient (Wildman–Crippen LogP) is 1.28. The Bertz CT molecular complexity index is 578. The molecule has 1 aliphatic rings. The van der Waals surface area contributed by atoms with Crippen molar-refractivity contribution < 1.29 is 14.3 Å². The number of amides is 2. The van der Waals surface area contributed by atoms with Crippen molar-refractivity contribution in [2.45, 2.75) is 31.9 Å². The zero-order chi connectivity index (χ0) is 14.8. The first-order valence-electron chi connectivity index (χ1n) is 6.17. The van der Waals surface area contributed by atoms with Crippen LogP contribution in [0.4, 0.5) is 0 Å². The Morgan fingerprint density at radius 1 is 1.50 bits per heavy atom. The van der Waals surface area contributed by atoms with E-state index in [1.807, 2.05) is 13.8 Å². The van der Waals surface area contributed by atoms with Crippen molar-refractivity contribution in [3.63, 3.8) is 0 Å². The van der Waals surface area contributed by atoms with Crippen molar-refractivity contribution in [3.8, 4) is 11.8 Å². The Balaban J connectivity index is 2.49. The van der Waals surface area contributed by atoms with Gasteiger partial charge in [-0.05, 0) is 32.0 Å². The lowest BCUT2D eigenvalue weighted by atomic mass is 9.88. The van der Waals surface area contributed by atoms with E-state index in [0.717, 1.165) is 0 Å². The number of carbonyl (C=O) groups is 2. The van der Waals surface area contributed by atoms with Gasteiger partial charge in [0.05, 0.1) is 17.7 Å². The lowest BCUT2D eigenvalue weighted by Crippen LogP contribution is -2.46. The molecule has 0 aromatic heterocycles. The van der Waals surface area contributed by atoms with Crippen LogP contribution in [0.25, 0.3) is 0 Å². The summed E-state index contributed by atoms with van der Waals surface area (Å²) in [6.45, 7) is 3.82. The zero-order valence-corrected chi connectivity index (χ0v) is 11.3. The van der Waals surface area contributed by atoms with Crippen LogP contribution in [-0.4, -0.2) is 23.4 Å². The third kappa shape index (κ3) is 2.57. The molecule has 2 amide bonds. The molecule has 0 saturated carbocycles. The van der Waals surface area contributed by atoms with Crippen LogP contribution in [0, 0.1) is 11.3 Å². The highest BCUT2D eigenvalue weighted by Crippen LogP contribution is 2.41. The summed E-state index contributed by atoms with van der Waals surface area (Å²) >= 11 is 0. The first kappa shape index (κ1) is 13.9. The Labute approximate surface area is 116 Å². The van der Waals surface area contributed by atoms with E-state index < -0.39 is 5.60 Å². The summed E-state index contributed by atoms with van der Waals surface area (Å²) in [7, 11) is 0. The topological polar surface area (TPSA) is 82.4 Å². The Hall–Kier alpha value is -2.55. The van der Waals surface area contributed by atoms with Crippen LogP contribution in [0.1, 0.15) is 37.4 Å². The highest BCUT2D eigenvalue weighted by atomic mass is 16.5. The molecule has 0 radical (unpaired) electrons. The molecule has 0 spiro atoms. The molecule has 2 rings (SSSR count). The van der Waals surface area contributed by atoms with E-state index in [1.165, 1.54) is 5.01 Å². The monoisotopic (exact) mass is 273 g/mol. The number of nitriles is 1. The van der Waals surface area contributed by atoms with Crippen LogP contribution in [0.15, 0.2) is 18.2 Å². The van der Waals surface area contributed by atoms with Crippen LogP contribution in [-0.2, 0) is 9.59 Å². The minimum Gasteiger partial charge on any atom is -0.487 e. The van der Waals surface area contributed by atoms with Gasteiger partial charge in [0.2, 0.25) is 12.8 Å². The van der Waals surface area contributed by atoms with E-state index in [1.54, 1.807) is 18.2 Å². The Kier molecular flexibility index (Phi) is 3.61. The summed E-state index contributed by atoms with van der Waals surface area (Å²) in [5, 5.41) is 10.2. The SMILES string of the molecule is CC1(C)CC(N(C=O)NC=O)c2cc(C#N)ccc2O1. The zero-order valence-electron chi connectivity index (χ0n) is 11.3. The molecule has 1 atom stereocenters. The fourth-order valence-corrected chi connectivity index (χ4v) is 2.39. The van der Waals surface area contributed by atoms with Crippen molar-refractivity contribution in [1.29, 1.82) is 5.26 Å². The van der Waals surface area contributed by atoms with Crippen LogP contribution in [0.3, 0.4) is 0 Å². The van der Waals surface area contributed by atoms with Crippen LogP contribution < -0.4 is 10.2 Å². The average Bonchev–Trinajstić information content (AvgIpc) is 2.42. The number of carbonyl (C=O) groups excluding carboxylic acids is 2. The van der Waals surface area contributed by atoms with Crippen molar-refractivity contribution in [3.05, 3.63) is 29.3 Å². The fraction of sp³-hybridized carbons (Fsp3) is 0.357. The number of fused-ring (bicyclic) bond motifs is 1. The maximum absolute atomic E-state index is 11.2. The maximum Gasteiger partial charge on any atom is 0.228 e. The molecule has 20 heavy (non-hydrogen) atoms. The molecule has 0 bridgehead atoms. The van der Waals surface area contributed by atoms with Crippen LogP contribution >= 0.6 is 0 Å². The molecule has 104 valence electrons. The van der Waals surface area contributed by atoms with Gasteiger partial charge in [0.1, 0.15) is 11.4 Å². The largest absolute Gasteiger partial charge is 0.487 e. The molecule has 0 fully saturated rings. The second-order valence-electron chi connectivity index (χ2n) is 5.21. The highest BCUT2D eigenvalue weighted by Gasteiger charge is 2.37. The molecule has 1 aliphatic heterocycles. The van der Waals surface area contributed by atoms with Gasteiger partial charge in [-0.3, -0.25) is 15.0 Å². The van der Waals surface area contributed by atoms with Gasteiger partial charge in [-0.15, -0.1) is 0 Å². The van der Waals surface area contributed by atoms with E-state index in [4.69, 9.17) is 10.00 Å². The molecular weight excluding hydrogens is 258 g/mol. The first-order valence-corrected chi connectivity index (χ1v) is 6.17. The van der Waals surface area contributed by atoms with Gasteiger partial charge >= 0.3 is 0 Å². The molecule has 0 saturated heterocycles. The normalized spacial score (nSPS) is 18.9. The summed E-state index contributed by atoms with van der Waals surface area (Å²) in [5.41, 5.74) is 3.08. The van der Waals surface area contributed by atoms with Crippen LogP contribution in [0.2, 0.25) is 0 Å². The molecule has 1 unspecified atom stereocenters. The molecule has 6 nitrogen and oxygen atoms in total. The molecule has 0 aliphatic carbocycles. The fourth-order valence-electron chi connectivity index (χ4n) is 2.39. The third-order valence-electron chi connectivity index (χ3n) is 3.22. The van der Waals surface area contributed by atoms with Gasteiger partial charge in [0, 0.05) is 12.0 Å². The summed E-state index contributed by atoms with van der Waals surface area (Å²) in [4.78, 5) is 21.8. The van der Waals surface area contributed by atoms with Gasteiger partial charge in [-0.2, -0.15) is 5.26 Å². The number of ether oxygens (including phenoxy) is 1. The smallest absolute Gasteiger partial charge is 0.228 e. The number of hydrogen-bond acceptors (Lipinski definition) is 4. The second-order valence-corrected chi connectivity index (χ2v) is 5.21. The van der Waals surface area contributed by atoms with E-state index in [2.05, 4.69) is 11.5 Å². The molecule has 1 aromatic rings. The lowest BCUT2D eigenvalue weighted by molar-refractivity contribution is -0.131. The number of hydrazine groups is 1. The Morgan fingerprint density at radius 3 is 2.85 bits per heavy atom. The number of benzene rings is 1. The lowest BCUT2D eigenvalue weighted by Gasteiger charge is -2.40. The van der Waals surface area contributed by atoms with Gasteiger partial charge in [-0.25, -0.2) is 5.01 Å². The molecule has 1 aromatic carbocycles. The van der Waals surface area contributed by atoms with E-state index in [9.17, 15) is 9.59 Å². The molecule has 1 heterocycles. The van der Waals surface area contributed by atoms with Crippen molar-refractivity contribution >= 4 is 12.8 Å². The minimum atomic E-state index is -0.475. The van der Waals surface area contributed by atoms with Crippen molar-refractivity contribution in [2.75, 3.05) is 0 Å². The number of rotatable bonds is 4. The summed E-state index contributed by atoms with van der Waals surface area (Å²) in [6.07, 6.45) is 1.52. The summed E-state index contributed by atoms with van der Waals surface area (Å²) < 4.78 is 5.85. The van der Waals surface area contributed by atoms with E-state index in [-0.39, 0.29) is 6.04 Å².